The van der Waals surface area contributed by atoms with E-state index in [9.17, 15) is 4.79 Å². The van der Waals surface area contributed by atoms with Crippen molar-refractivity contribution in [2.24, 2.45) is 0 Å². The van der Waals surface area contributed by atoms with E-state index >= 15 is 0 Å². The third-order valence-electron chi connectivity index (χ3n) is 3.43. The normalized spacial score (nSPS) is 11.0. The van der Waals surface area contributed by atoms with Crippen molar-refractivity contribution in [3.8, 4) is 0 Å². The summed E-state index contributed by atoms with van der Waals surface area (Å²) in [6.07, 6.45) is 1.67. The Kier molecular flexibility index (Phi) is 5.44. The zero-order valence-electron chi connectivity index (χ0n) is 14.0. The number of benzene rings is 1. The molecule has 130 valence electrons. The van der Waals surface area contributed by atoms with Gasteiger partial charge in [0.1, 0.15) is 5.82 Å². The Morgan fingerprint density at radius 1 is 1.24 bits per heavy atom. The number of aromatic nitrogens is 6. The van der Waals surface area contributed by atoms with Crippen LogP contribution in [0.25, 0.3) is 0 Å². The number of thioether (sulfide) groups is 1. The molecule has 0 fully saturated rings. The van der Waals surface area contributed by atoms with Gasteiger partial charge in [-0.1, -0.05) is 42.1 Å². The quantitative estimate of drug-likeness (QED) is 0.652. The lowest BCUT2D eigenvalue weighted by atomic mass is 10.2. The summed E-state index contributed by atoms with van der Waals surface area (Å²) in [6, 6.07) is 11.9. The van der Waals surface area contributed by atoms with Gasteiger partial charge in [-0.25, -0.2) is 9.36 Å². The summed E-state index contributed by atoms with van der Waals surface area (Å²) >= 11 is 1.30. The molecule has 1 aromatic carbocycles. The third-order valence-corrected chi connectivity index (χ3v) is 4.39. The molecule has 3 rings (SSSR count). The average molecular weight is 357 g/mol. The first-order valence-electron chi connectivity index (χ1n) is 7.89. The van der Waals surface area contributed by atoms with E-state index in [0.717, 1.165) is 5.56 Å². The second-order valence-electron chi connectivity index (χ2n) is 5.70. The van der Waals surface area contributed by atoms with Gasteiger partial charge in [-0.2, -0.15) is 5.10 Å². The zero-order valence-corrected chi connectivity index (χ0v) is 14.8. The molecular formula is C16H19N7OS. The molecule has 0 saturated heterocycles. The van der Waals surface area contributed by atoms with E-state index in [-0.39, 0.29) is 17.7 Å². The average Bonchev–Trinajstić information content (AvgIpc) is 3.23. The lowest BCUT2D eigenvalue weighted by molar-refractivity contribution is -0.113. The third kappa shape index (κ3) is 4.44. The minimum Gasteiger partial charge on any atom is -0.310 e. The van der Waals surface area contributed by atoms with Crippen LogP contribution in [0, 0.1) is 0 Å². The predicted molar refractivity (Wildman–Crippen MR) is 95.3 cm³/mol. The van der Waals surface area contributed by atoms with Crippen LogP contribution in [-0.2, 0) is 11.3 Å². The molecule has 0 aliphatic heterocycles. The van der Waals surface area contributed by atoms with E-state index in [2.05, 4.69) is 25.9 Å². The molecule has 0 radical (unpaired) electrons. The standard InChI is InChI=1S/C16H19N7OS/c1-12(2)23-14(8-9-17-23)18-15(24)11-25-16-19-20-21-22(16)10-13-6-4-3-5-7-13/h3-9,12H,10-11H2,1-2H3,(H,18,24). The summed E-state index contributed by atoms with van der Waals surface area (Å²) in [4.78, 5) is 12.2. The fourth-order valence-corrected chi connectivity index (χ4v) is 2.97. The van der Waals surface area contributed by atoms with Crippen LogP contribution in [-0.4, -0.2) is 41.6 Å². The van der Waals surface area contributed by atoms with E-state index in [1.807, 2.05) is 44.2 Å². The number of hydrogen-bond donors (Lipinski definition) is 1. The van der Waals surface area contributed by atoms with Gasteiger partial charge in [0.25, 0.3) is 0 Å². The van der Waals surface area contributed by atoms with Gasteiger partial charge in [0, 0.05) is 12.1 Å². The fraction of sp³-hybridized carbons (Fsp3) is 0.312. The Morgan fingerprint density at radius 3 is 2.80 bits per heavy atom. The van der Waals surface area contributed by atoms with E-state index < -0.39 is 0 Å². The second kappa shape index (κ2) is 7.93. The topological polar surface area (TPSA) is 90.5 Å². The number of carbonyl (C=O) groups is 1. The van der Waals surface area contributed by atoms with Gasteiger partial charge < -0.3 is 5.32 Å². The predicted octanol–water partition coefficient (Wildman–Crippen LogP) is 2.23. The summed E-state index contributed by atoms with van der Waals surface area (Å²) in [5, 5.41) is 19.4. The molecule has 0 unspecified atom stereocenters. The van der Waals surface area contributed by atoms with Crippen molar-refractivity contribution in [3.05, 3.63) is 48.2 Å². The largest absolute Gasteiger partial charge is 0.310 e. The maximum absolute atomic E-state index is 12.2. The summed E-state index contributed by atoms with van der Waals surface area (Å²) in [7, 11) is 0. The van der Waals surface area contributed by atoms with E-state index in [1.54, 1.807) is 21.6 Å². The minimum absolute atomic E-state index is 0.123. The number of hydrogen-bond acceptors (Lipinski definition) is 6. The molecule has 8 nitrogen and oxygen atoms in total. The maximum Gasteiger partial charge on any atom is 0.235 e. The van der Waals surface area contributed by atoms with Crippen LogP contribution in [0.3, 0.4) is 0 Å². The molecule has 1 amide bonds. The lowest BCUT2D eigenvalue weighted by Gasteiger charge is -2.11. The van der Waals surface area contributed by atoms with Gasteiger partial charge >= 0.3 is 0 Å². The molecule has 9 heteroatoms. The monoisotopic (exact) mass is 357 g/mol. The Morgan fingerprint density at radius 2 is 2.04 bits per heavy atom. The molecule has 0 atom stereocenters. The second-order valence-corrected chi connectivity index (χ2v) is 6.64. The molecule has 0 bridgehead atoms. The Balaban J connectivity index is 1.58. The number of carbonyl (C=O) groups excluding carboxylic acids is 1. The zero-order chi connectivity index (χ0) is 17.6. The number of anilines is 1. The highest BCUT2D eigenvalue weighted by molar-refractivity contribution is 7.99. The van der Waals surface area contributed by atoms with Crippen molar-refractivity contribution in [2.75, 3.05) is 11.1 Å². The molecule has 0 spiro atoms. The van der Waals surface area contributed by atoms with Crippen molar-refractivity contribution in [1.82, 2.24) is 30.0 Å². The molecule has 0 aliphatic carbocycles. The first-order valence-corrected chi connectivity index (χ1v) is 8.88. The molecule has 2 heterocycles. The van der Waals surface area contributed by atoms with Crippen molar-refractivity contribution >= 4 is 23.5 Å². The summed E-state index contributed by atoms with van der Waals surface area (Å²) in [5.74, 6) is 0.782. The van der Waals surface area contributed by atoms with E-state index in [0.29, 0.717) is 17.5 Å². The summed E-state index contributed by atoms with van der Waals surface area (Å²) < 4.78 is 3.45. The fourth-order valence-electron chi connectivity index (χ4n) is 2.29. The highest BCUT2D eigenvalue weighted by atomic mass is 32.2. The van der Waals surface area contributed by atoms with Crippen LogP contribution < -0.4 is 5.32 Å². The van der Waals surface area contributed by atoms with Crippen molar-refractivity contribution in [3.63, 3.8) is 0 Å². The van der Waals surface area contributed by atoms with E-state index in [1.165, 1.54) is 11.8 Å². The Hall–Kier alpha value is -2.68. The highest BCUT2D eigenvalue weighted by Crippen LogP contribution is 2.17. The molecular weight excluding hydrogens is 338 g/mol. The Labute approximate surface area is 149 Å². The SMILES string of the molecule is CC(C)n1nccc1NC(=O)CSc1nnnn1Cc1ccccc1. The van der Waals surface area contributed by atoms with Crippen LogP contribution in [0.2, 0.25) is 0 Å². The highest BCUT2D eigenvalue weighted by Gasteiger charge is 2.13. The molecule has 3 aromatic rings. The van der Waals surface area contributed by atoms with Gasteiger partial charge in [0.2, 0.25) is 11.1 Å². The lowest BCUT2D eigenvalue weighted by Crippen LogP contribution is -2.18. The number of tetrazole rings is 1. The first kappa shape index (κ1) is 17.2. The molecule has 1 N–H and O–H groups in total. The molecule has 2 aromatic heterocycles. The molecule has 25 heavy (non-hydrogen) atoms. The summed E-state index contributed by atoms with van der Waals surface area (Å²) in [6.45, 7) is 4.59. The van der Waals surface area contributed by atoms with Crippen molar-refractivity contribution in [2.45, 2.75) is 31.6 Å². The number of rotatable bonds is 7. The van der Waals surface area contributed by atoms with Gasteiger partial charge in [-0.05, 0) is 29.8 Å². The number of nitrogens with zero attached hydrogens (tertiary/aromatic N) is 6. The van der Waals surface area contributed by atoms with Crippen molar-refractivity contribution in [1.29, 1.82) is 0 Å². The smallest absolute Gasteiger partial charge is 0.235 e. The van der Waals surface area contributed by atoms with Crippen LogP contribution in [0.1, 0.15) is 25.5 Å². The van der Waals surface area contributed by atoms with Gasteiger partial charge in [-0.15, -0.1) is 5.10 Å². The molecule has 0 aliphatic rings. The van der Waals surface area contributed by atoms with E-state index in [4.69, 9.17) is 0 Å². The minimum atomic E-state index is -0.123. The van der Waals surface area contributed by atoms with Crippen LogP contribution in [0.15, 0.2) is 47.8 Å². The Bertz CT molecular complexity index is 828. The van der Waals surface area contributed by atoms with Gasteiger partial charge in [-0.3, -0.25) is 4.79 Å². The van der Waals surface area contributed by atoms with Crippen LogP contribution in [0.5, 0.6) is 0 Å². The number of nitrogens with one attached hydrogen (secondary N) is 1. The van der Waals surface area contributed by atoms with Gasteiger partial charge in [0.05, 0.1) is 18.5 Å². The molecule has 0 saturated carbocycles. The van der Waals surface area contributed by atoms with Crippen molar-refractivity contribution < 1.29 is 4.79 Å². The maximum atomic E-state index is 12.2. The van der Waals surface area contributed by atoms with Crippen LogP contribution >= 0.6 is 11.8 Å². The van der Waals surface area contributed by atoms with Crippen LogP contribution in [0.4, 0.5) is 5.82 Å². The number of amides is 1. The first-order chi connectivity index (χ1) is 12.1. The van der Waals surface area contributed by atoms with Gasteiger partial charge in [0.15, 0.2) is 0 Å². The summed E-state index contributed by atoms with van der Waals surface area (Å²) in [5.41, 5.74) is 1.10.